The van der Waals surface area contributed by atoms with Crippen molar-refractivity contribution in [1.29, 1.82) is 0 Å². The average Bonchev–Trinajstić information content (AvgIpc) is 2.95. The number of carbonyl (C=O) groups excluding carboxylic acids is 1. The minimum Gasteiger partial charge on any atom is -0.322 e. The molecule has 2 N–H and O–H groups in total. The lowest BCUT2D eigenvalue weighted by molar-refractivity contribution is 0.102. The summed E-state index contributed by atoms with van der Waals surface area (Å²) in [6.07, 6.45) is 0. The lowest BCUT2D eigenvalue weighted by Gasteiger charge is -2.05. The summed E-state index contributed by atoms with van der Waals surface area (Å²) in [7, 11) is 0. The van der Waals surface area contributed by atoms with Crippen LogP contribution in [0.2, 0.25) is 5.02 Å². The Morgan fingerprint density at radius 2 is 2.04 bits per heavy atom. The van der Waals surface area contributed by atoms with E-state index in [0.717, 1.165) is 15.9 Å². The average molecular weight is 359 g/mol. The second-order valence-electron chi connectivity index (χ2n) is 5.34. The van der Waals surface area contributed by atoms with E-state index in [0.29, 0.717) is 21.4 Å². The van der Waals surface area contributed by atoms with E-state index in [-0.39, 0.29) is 5.91 Å². The van der Waals surface area contributed by atoms with Crippen molar-refractivity contribution in [3.63, 3.8) is 0 Å². The molecule has 24 heavy (non-hydrogen) atoms. The van der Waals surface area contributed by atoms with Crippen LogP contribution in [0, 0.1) is 0 Å². The van der Waals surface area contributed by atoms with Gasteiger partial charge in [0.05, 0.1) is 10.2 Å². The highest BCUT2D eigenvalue weighted by atomic mass is 35.5. The van der Waals surface area contributed by atoms with Gasteiger partial charge in [-0.15, -0.1) is 0 Å². The van der Waals surface area contributed by atoms with Crippen molar-refractivity contribution in [1.82, 2.24) is 4.98 Å². The number of hydrazone groups is 1. The third-order valence-corrected chi connectivity index (χ3v) is 4.27. The molecule has 122 valence electrons. The van der Waals surface area contributed by atoms with Crippen LogP contribution in [-0.2, 0) is 0 Å². The molecule has 0 aliphatic rings. The predicted octanol–water partition coefficient (Wildman–Crippen LogP) is 5.01. The largest absolute Gasteiger partial charge is 0.322 e. The van der Waals surface area contributed by atoms with Crippen LogP contribution in [0.5, 0.6) is 0 Å². The van der Waals surface area contributed by atoms with Crippen molar-refractivity contribution in [2.24, 2.45) is 5.10 Å². The standard InChI is InChI=1S/C17H15ClN4OS/c1-10(2)21-22-17-20-14-7-6-13(9-15(14)24-17)19-16(23)11-4-3-5-12(18)8-11/h3-9H,1-2H3,(H,19,23)(H,20,22). The van der Waals surface area contributed by atoms with Gasteiger partial charge in [-0.25, -0.2) is 4.98 Å². The molecule has 2 aromatic carbocycles. The third-order valence-electron chi connectivity index (χ3n) is 3.11. The summed E-state index contributed by atoms with van der Waals surface area (Å²) in [5.41, 5.74) is 5.92. The molecule has 3 rings (SSSR count). The Morgan fingerprint density at radius 1 is 1.21 bits per heavy atom. The van der Waals surface area contributed by atoms with Crippen molar-refractivity contribution in [2.75, 3.05) is 10.7 Å². The van der Waals surface area contributed by atoms with Crippen molar-refractivity contribution in [3.8, 4) is 0 Å². The zero-order valence-electron chi connectivity index (χ0n) is 13.1. The summed E-state index contributed by atoms with van der Waals surface area (Å²) in [6, 6.07) is 12.4. The number of thiazole rings is 1. The van der Waals surface area contributed by atoms with Gasteiger partial charge in [0.15, 0.2) is 0 Å². The quantitative estimate of drug-likeness (QED) is 0.509. The summed E-state index contributed by atoms with van der Waals surface area (Å²) in [4.78, 5) is 16.7. The van der Waals surface area contributed by atoms with Crippen molar-refractivity contribution in [3.05, 3.63) is 53.1 Å². The van der Waals surface area contributed by atoms with Crippen LogP contribution >= 0.6 is 22.9 Å². The van der Waals surface area contributed by atoms with E-state index in [1.165, 1.54) is 11.3 Å². The molecule has 7 heteroatoms. The molecule has 0 aliphatic heterocycles. The van der Waals surface area contributed by atoms with Crippen molar-refractivity contribution >= 4 is 55.6 Å². The van der Waals surface area contributed by atoms with Gasteiger partial charge in [0.25, 0.3) is 5.91 Å². The van der Waals surface area contributed by atoms with E-state index in [1.54, 1.807) is 24.3 Å². The van der Waals surface area contributed by atoms with E-state index >= 15 is 0 Å². The highest BCUT2D eigenvalue weighted by Crippen LogP contribution is 2.28. The highest BCUT2D eigenvalue weighted by Gasteiger charge is 2.09. The molecular weight excluding hydrogens is 344 g/mol. The summed E-state index contributed by atoms with van der Waals surface area (Å²) in [5.74, 6) is -0.203. The van der Waals surface area contributed by atoms with Crippen LogP contribution < -0.4 is 10.7 Å². The van der Waals surface area contributed by atoms with Gasteiger partial charge in [-0.2, -0.15) is 5.10 Å². The molecule has 0 atom stereocenters. The molecular formula is C17H15ClN4OS. The summed E-state index contributed by atoms with van der Waals surface area (Å²) in [5, 5.41) is 8.25. The van der Waals surface area contributed by atoms with Gasteiger partial charge in [0, 0.05) is 22.0 Å². The maximum absolute atomic E-state index is 12.3. The zero-order valence-corrected chi connectivity index (χ0v) is 14.7. The van der Waals surface area contributed by atoms with Crippen LogP contribution in [0.15, 0.2) is 47.6 Å². The molecule has 0 spiro atoms. The zero-order chi connectivity index (χ0) is 17.1. The normalized spacial score (nSPS) is 10.5. The Bertz CT molecular complexity index is 931. The number of anilines is 2. The van der Waals surface area contributed by atoms with E-state index in [4.69, 9.17) is 11.6 Å². The van der Waals surface area contributed by atoms with E-state index in [2.05, 4.69) is 20.8 Å². The molecule has 0 unspecified atom stereocenters. The monoisotopic (exact) mass is 358 g/mol. The Balaban J connectivity index is 1.80. The molecule has 0 saturated heterocycles. The van der Waals surface area contributed by atoms with Gasteiger partial charge < -0.3 is 5.32 Å². The number of carbonyl (C=O) groups is 1. The lowest BCUT2D eigenvalue weighted by atomic mass is 10.2. The number of benzene rings is 2. The summed E-state index contributed by atoms with van der Waals surface area (Å²) < 4.78 is 0.963. The van der Waals surface area contributed by atoms with Crippen LogP contribution in [0.1, 0.15) is 24.2 Å². The van der Waals surface area contributed by atoms with Gasteiger partial charge in [0.2, 0.25) is 5.13 Å². The number of fused-ring (bicyclic) bond motifs is 1. The molecule has 3 aromatic rings. The summed E-state index contributed by atoms with van der Waals surface area (Å²) >= 11 is 7.40. The first kappa shape index (κ1) is 16.4. The number of hydrogen-bond acceptors (Lipinski definition) is 5. The topological polar surface area (TPSA) is 66.4 Å². The molecule has 1 aromatic heterocycles. The molecule has 0 radical (unpaired) electrons. The van der Waals surface area contributed by atoms with Gasteiger partial charge in [-0.3, -0.25) is 10.2 Å². The Labute approximate surface area is 148 Å². The highest BCUT2D eigenvalue weighted by molar-refractivity contribution is 7.22. The van der Waals surface area contributed by atoms with Gasteiger partial charge in [-0.05, 0) is 50.2 Å². The predicted molar refractivity (Wildman–Crippen MR) is 101 cm³/mol. The van der Waals surface area contributed by atoms with E-state index < -0.39 is 0 Å². The number of nitrogens with one attached hydrogen (secondary N) is 2. The number of hydrogen-bond donors (Lipinski definition) is 2. The second kappa shape index (κ2) is 6.98. The van der Waals surface area contributed by atoms with Crippen LogP contribution in [0.25, 0.3) is 10.2 Å². The molecule has 0 bridgehead atoms. The fraction of sp³-hybridized carbons (Fsp3) is 0.118. The number of amides is 1. The van der Waals surface area contributed by atoms with E-state index in [9.17, 15) is 4.79 Å². The molecule has 0 aliphatic carbocycles. The summed E-state index contributed by atoms with van der Waals surface area (Å²) in [6.45, 7) is 3.81. The van der Waals surface area contributed by atoms with E-state index in [1.807, 2.05) is 32.0 Å². The van der Waals surface area contributed by atoms with Crippen LogP contribution in [0.4, 0.5) is 10.8 Å². The molecule has 5 nitrogen and oxygen atoms in total. The van der Waals surface area contributed by atoms with Crippen molar-refractivity contribution < 1.29 is 4.79 Å². The minimum atomic E-state index is -0.203. The molecule has 1 amide bonds. The fourth-order valence-electron chi connectivity index (χ4n) is 2.04. The minimum absolute atomic E-state index is 0.203. The smallest absolute Gasteiger partial charge is 0.255 e. The first-order chi connectivity index (χ1) is 11.5. The maximum atomic E-state index is 12.3. The second-order valence-corrected chi connectivity index (χ2v) is 6.80. The first-order valence-electron chi connectivity index (χ1n) is 7.26. The van der Waals surface area contributed by atoms with Gasteiger partial charge >= 0.3 is 0 Å². The Hall–Kier alpha value is -2.44. The number of halogens is 1. The first-order valence-corrected chi connectivity index (χ1v) is 8.45. The van der Waals surface area contributed by atoms with Gasteiger partial charge in [-0.1, -0.05) is 29.0 Å². The Kier molecular flexibility index (Phi) is 4.78. The number of rotatable bonds is 4. The molecule has 0 saturated carbocycles. The van der Waals surface area contributed by atoms with Gasteiger partial charge in [0.1, 0.15) is 0 Å². The van der Waals surface area contributed by atoms with Crippen LogP contribution in [-0.4, -0.2) is 16.6 Å². The lowest BCUT2D eigenvalue weighted by Crippen LogP contribution is -2.11. The van der Waals surface area contributed by atoms with Crippen LogP contribution in [0.3, 0.4) is 0 Å². The molecule has 0 fully saturated rings. The number of nitrogens with zero attached hydrogens (tertiary/aromatic N) is 2. The SMILES string of the molecule is CC(C)=NNc1nc2ccc(NC(=O)c3cccc(Cl)c3)cc2s1. The third kappa shape index (κ3) is 3.90. The number of aromatic nitrogens is 1. The van der Waals surface area contributed by atoms with Crippen molar-refractivity contribution in [2.45, 2.75) is 13.8 Å². The molecule has 1 heterocycles. The Morgan fingerprint density at radius 3 is 2.79 bits per heavy atom. The fourth-order valence-corrected chi connectivity index (χ4v) is 3.08. The maximum Gasteiger partial charge on any atom is 0.255 e.